The highest BCUT2D eigenvalue weighted by Crippen LogP contribution is 2.37. The maximum atomic E-state index is 11.7. The van der Waals surface area contributed by atoms with E-state index in [0.717, 1.165) is 25.7 Å². The second-order valence-electron chi connectivity index (χ2n) is 5.19. The van der Waals surface area contributed by atoms with Crippen LogP contribution in [0.1, 0.15) is 25.7 Å². The summed E-state index contributed by atoms with van der Waals surface area (Å²) in [6, 6.07) is 0.314. The van der Waals surface area contributed by atoms with Gasteiger partial charge in [0.05, 0.1) is 13.2 Å². The van der Waals surface area contributed by atoms with E-state index in [-0.39, 0.29) is 11.3 Å². The van der Waals surface area contributed by atoms with Crippen LogP contribution in [0, 0.1) is 0 Å². The van der Waals surface area contributed by atoms with Gasteiger partial charge in [-0.2, -0.15) is 0 Å². The van der Waals surface area contributed by atoms with Gasteiger partial charge in [0.15, 0.2) is 11.6 Å². The molecular formula is C13H19N3O3. The minimum absolute atomic E-state index is 0.140. The highest BCUT2D eigenvalue weighted by atomic mass is 16.7. The SMILES string of the molecule is CN(c1ncc[nH]c1=O)C1CCC2(CC1)OCCO2. The molecule has 2 fully saturated rings. The number of nitrogens with zero attached hydrogens (tertiary/aromatic N) is 2. The second kappa shape index (κ2) is 4.94. The summed E-state index contributed by atoms with van der Waals surface area (Å²) in [5, 5.41) is 0. The molecule has 6 heteroatoms. The Bertz CT molecular complexity index is 486. The van der Waals surface area contributed by atoms with Gasteiger partial charge in [0, 0.05) is 38.3 Å². The fraction of sp³-hybridized carbons (Fsp3) is 0.692. The number of ether oxygens (including phenoxy) is 2. The quantitative estimate of drug-likeness (QED) is 0.860. The van der Waals surface area contributed by atoms with E-state index >= 15 is 0 Å². The lowest BCUT2D eigenvalue weighted by atomic mass is 9.89. The molecule has 1 saturated heterocycles. The molecule has 1 aliphatic carbocycles. The largest absolute Gasteiger partial charge is 0.352 e. The van der Waals surface area contributed by atoms with Crippen LogP contribution in [0.25, 0.3) is 0 Å². The van der Waals surface area contributed by atoms with Crippen molar-refractivity contribution in [2.45, 2.75) is 37.5 Å². The van der Waals surface area contributed by atoms with Gasteiger partial charge in [-0.25, -0.2) is 4.98 Å². The lowest BCUT2D eigenvalue weighted by Crippen LogP contribution is -2.44. The summed E-state index contributed by atoms with van der Waals surface area (Å²) >= 11 is 0. The third-order valence-electron chi connectivity index (χ3n) is 4.10. The number of anilines is 1. The third-order valence-corrected chi connectivity index (χ3v) is 4.10. The molecule has 0 amide bonds. The Morgan fingerprint density at radius 2 is 2.05 bits per heavy atom. The van der Waals surface area contributed by atoms with Gasteiger partial charge in [-0.3, -0.25) is 4.79 Å². The molecule has 1 aromatic heterocycles. The molecule has 0 bridgehead atoms. The summed E-state index contributed by atoms with van der Waals surface area (Å²) < 4.78 is 11.4. The first kappa shape index (κ1) is 12.6. The Morgan fingerprint density at radius 1 is 1.37 bits per heavy atom. The zero-order chi connectivity index (χ0) is 13.3. The average molecular weight is 265 g/mol. The zero-order valence-corrected chi connectivity index (χ0v) is 11.1. The molecule has 104 valence electrons. The maximum absolute atomic E-state index is 11.7. The van der Waals surface area contributed by atoms with E-state index in [1.165, 1.54) is 0 Å². The van der Waals surface area contributed by atoms with Crippen LogP contribution >= 0.6 is 0 Å². The number of rotatable bonds is 2. The zero-order valence-electron chi connectivity index (χ0n) is 11.1. The predicted octanol–water partition coefficient (Wildman–Crippen LogP) is 0.892. The van der Waals surface area contributed by atoms with Gasteiger partial charge in [-0.15, -0.1) is 0 Å². The van der Waals surface area contributed by atoms with Crippen LogP contribution in [0.5, 0.6) is 0 Å². The van der Waals surface area contributed by atoms with E-state index < -0.39 is 0 Å². The van der Waals surface area contributed by atoms with Crippen LogP contribution in [0.15, 0.2) is 17.2 Å². The fourth-order valence-corrected chi connectivity index (χ4v) is 2.98. The molecule has 19 heavy (non-hydrogen) atoms. The van der Waals surface area contributed by atoms with Crippen molar-refractivity contribution in [2.24, 2.45) is 0 Å². The molecule has 1 saturated carbocycles. The van der Waals surface area contributed by atoms with Crippen LogP contribution in [0.3, 0.4) is 0 Å². The van der Waals surface area contributed by atoms with E-state index in [2.05, 4.69) is 9.97 Å². The monoisotopic (exact) mass is 265 g/mol. The number of hydrogen-bond acceptors (Lipinski definition) is 5. The Hall–Kier alpha value is -1.40. The highest BCUT2D eigenvalue weighted by molar-refractivity contribution is 5.35. The number of aromatic amines is 1. The predicted molar refractivity (Wildman–Crippen MR) is 70.2 cm³/mol. The molecule has 0 aromatic carbocycles. The van der Waals surface area contributed by atoms with Gasteiger partial charge in [0.2, 0.25) is 0 Å². The van der Waals surface area contributed by atoms with Crippen molar-refractivity contribution in [3.63, 3.8) is 0 Å². The van der Waals surface area contributed by atoms with Gasteiger partial charge >= 0.3 is 0 Å². The van der Waals surface area contributed by atoms with Crippen molar-refractivity contribution in [3.8, 4) is 0 Å². The summed E-state index contributed by atoms with van der Waals surface area (Å²) in [6.07, 6.45) is 6.83. The van der Waals surface area contributed by atoms with Crippen molar-refractivity contribution in [3.05, 3.63) is 22.7 Å². The Morgan fingerprint density at radius 3 is 2.68 bits per heavy atom. The highest BCUT2D eigenvalue weighted by Gasteiger charge is 2.41. The fourth-order valence-electron chi connectivity index (χ4n) is 2.98. The molecule has 1 aromatic rings. The van der Waals surface area contributed by atoms with E-state index in [0.29, 0.717) is 25.1 Å². The van der Waals surface area contributed by atoms with Crippen LogP contribution in [0.2, 0.25) is 0 Å². The first-order valence-electron chi connectivity index (χ1n) is 6.75. The van der Waals surface area contributed by atoms with Crippen LogP contribution in [-0.4, -0.2) is 42.1 Å². The molecule has 1 aliphatic heterocycles. The Labute approximate surface area is 111 Å². The molecule has 0 atom stereocenters. The van der Waals surface area contributed by atoms with Gasteiger partial charge in [-0.05, 0) is 12.8 Å². The van der Waals surface area contributed by atoms with Crippen LogP contribution < -0.4 is 10.5 Å². The molecule has 2 heterocycles. The first-order valence-corrected chi connectivity index (χ1v) is 6.75. The number of H-pyrrole nitrogens is 1. The van der Waals surface area contributed by atoms with E-state index in [1.807, 2.05) is 11.9 Å². The van der Waals surface area contributed by atoms with Gasteiger partial charge < -0.3 is 19.4 Å². The summed E-state index contributed by atoms with van der Waals surface area (Å²) in [7, 11) is 1.93. The molecule has 3 rings (SSSR count). The number of hydrogen-bond donors (Lipinski definition) is 1. The minimum Gasteiger partial charge on any atom is -0.352 e. The van der Waals surface area contributed by atoms with Crippen LogP contribution in [-0.2, 0) is 9.47 Å². The van der Waals surface area contributed by atoms with E-state index in [4.69, 9.17) is 9.47 Å². The summed E-state index contributed by atoms with van der Waals surface area (Å²) in [6.45, 7) is 1.39. The van der Waals surface area contributed by atoms with Crippen molar-refractivity contribution >= 4 is 5.82 Å². The molecule has 1 N–H and O–H groups in total. The molecular weight excluding hydrogens is 246 g/mol. The van der Waals surface area contributed by atoms with Gasteiger partial charge in [-0.1, -0.05) is 0 Å². The molecule has 0 unspecified atom stereocenters. The third kappa shape index (κ3) is 2.37. The summed E-state index contributed by atoms with van der Waals surface area (Å²) in [5.74, 6) is 0.130. The van der Waals surface area contributed by atoms with Crippen molar-refractivity contribution in [1.82, 2.24) is 9.97 Å². The standard InChI is InChI=1S/C13H19N3O3/c1-16(11-12(17)15-7-6-14-11)10-2-4-13(5-3-10)18-8-9-19-13/h6-7,10H,2-5,8-9H2,1H3,(H,15,17). The number of aromatic nitrogens is 2. The molecule has 1 spiro atoms. The van der Waals surface area contributed by atoms with Gasteiger partial charge in [0.25, 0.3) is 5.56 Å². The summed E-state index contributed by atoms with van der Waals surface area (Å²) in [4.78, 5) is 20.5. The van der Waals surface area contributed by atoms with E-state index in [9.17, 15) is 4.79 Å². The molecule has 6 nitrogen and oxygen atoms in total. The lowest BCUT2D eigenvalue weighted by molar-refractivity contribution is -0.178. The van der Waals surface area contributed by atoms with E-state index in [1.54, 1.807) is 12.4 Å². The number of nitrogens with one attached hydrogen (secondary N) is 1. The Balaban J connectivity index is 1.68. The summed E-state index contributed by atoms with van der Waals surface area (Å²) in [5.41, 5.74) is -0.140. The topological polar surface area (TPSA) is 67.5 Å². The molecule has 0 radical (unpaired) electrons. The minimum atomic E-state index is -0.353. The molecule has 2 aliphatic rings. The smallest absolute Gasteiger partial charge is 0.290 e. The van der Waals surface area contributed by atoms with Gasteiger partial charge in [0.1, 0.15) is 0 Å². The second-order valence-corrected chi connectivity index (χ2v) is 5.19. The Kier molecular flexibility index (Phi) is 3.28. The first-order chi connectivity index (χ1) is 9.20. The normalized spacial score (nSPS) is 22.8. The van der Waals surface area contributed by atoms with Crippen molar-refractivity contribution in [1.29, 1.82) is 0 Å². The lowest BCUT2D eigenvalue weighted by Gasteiger charge is -2.39. The van der Waals surface area contributed by atoms with Crippen LogP contribution in [0.4, 0.5) is 5.82 Å². The van der Waals surface area contributed by atoms with Crippen molar-refractivity contribution < 1.29 is 9.47 Å². The average Bonchev–Trinajstić information content (AvgIpc) is 2.88. The maximum Gasteiger partial charge on any atom is 0.290 e. The van der Waals surface area contributed by atoms with Crippen molar-refractivity contribution in [2.75, 3.05) is 25.2 Å².